The lowest BCUT2D eigenvalue weighted by Gasteiger charge is -2.19. The van der Waals surface area contributed by atoms with E-state index in [9.17, 15) is 4.79 Å². The van der Waals surface area contributed by atoms with Crippen LogP contribution >= 0.6 is 11.3 Å². The highest BCUT2D eigenvalue weighted by Crippen LogP contribution is 2.39. The van der Waals surface area contributed by atoms with E-state index in [-0.39, 0.29) is 11.9 Å². The highest BCUT2D eigenvalue weighted by atomic mass is 32.1. The topological polar surface area (TPSA) is 56.1 Å². The Bertz CT molecular complexity index is 1240. The number of hydrogen-bond donors (Lipinski definition) is 1. The van der Waals surface area contributed by atoms with Gasteiger partial charge >= 0.3 is 0 Å². The average molecular weight is 430 g/mol. The minimum Gasteiger partial charge on any atom is -0.497 e. The monoisotopic (exact) mass is 429 g/mol. The number of ether oxygens (including phenoxy) is 1. The molecule has 1 aliphatic rings. The molecule has 0 aliphatic heterocycles. The van der Waals surface area contributed by atoms with E-state index in [4.69, 9.17) is 4.74 Å². The predicted molar refractivity (Wildman–Crippen MR) is 123 cm³/mol. The second kappa shape index (κ2) is 8.04. The maximum absolute atomic E-state index is 13.3. The van der Waals surface area contributed by atoms with Crippen LogP contribution in [0.5, 0.6) is 5.75 Å². The Hall–Kier alpha value is -3.38. The number of fused-ring (bicyclic) bond motifs is 3. The van der Waals surface area contributed by atoms with Crippen LogP contribution in [0.15, 0.2) is 67.0 Å². The maximum Gasteiger partial charge on any atom is 0.262 e. The Balaban J connectivity index is 1.47. The Morgan fingerprint density at radius 3 is 2.65 bits per heavy atom. The fraction of sp³-hybridized carbons (Fsp3) is 0.200. The summed E-state index contributed by atoms with van der Waals surface area (Å²) >= 11 is 1.57. The van der Waals surface area contributed by atoms with Crippen LogP contribution in [0.4, 0.5) is 0 Å². The number of carbonyl (C=O) groups is 1. The number of methoxy groups -OCH3 is 1. The van der Waals surface area contributed by atoms with Crippen LogP contribution in [0.3, 0.4) is 0 Å². The molecule has 5 nitrogen and oxygen atoms in total. The fourth-order valence-corrected chi connectivity index (χ4v) is 5.31. The van der Waals surface area contributed by atoms with E-state index >= 15 is 0 Å². The van der Waals surface area contributed by atoms with Crippen LogP contribution in [0.2, 0.25) is 0 Å². The number of imidazole rings is 1. The van der Waals surface area contributed by atoms with Crippen molar-refractivity contribution in [3.8, 4) is 16.2 Å². The van der Waals surface area contributed by atoms with Crippen molar-refractivity contribution in [3.05, 3.63) is 94.4 Å². The zero-order valence-electron chi connectivity index (χ0n) is 17.5. The second-order valence-electron chi connectivity index (χ2n) is 7.70. The lowest BCUT2D eigenvalue weighted by atomic mass is 9.91. The molecule has 0 saturated carbocycles. The van der Waals surface area contributed by atoms with Gasteiger partial charge in [0.2, 0.25) is 0 Å². The Kier molecular flexibility index (Phi) is 5.08. The fourth-order valence-electron chi connectivity index (χ4n) is 4.13. The van der Waals surface area contributed by atoms with Crippen LogP contribution in [0, 0.1) is 0 Å². The van der Waals surface area contributed by atoms with Gasteiger partial charge < -0.3 is 14.6 Å². The van der Waals surface area contributed by atoms with Gasteiger partial charge in [-0.2, -0.15) is 0 Å². The van der Waals surface area contributed by atoms with Gasteiger partial charge in [0.1, 0.15) is 17.6 Å². The number of aromatic nitrogens is 2. The van der Waals surface area contributed by atoms with Gasteiger partial charge in [-0.3, -0.25) is 4.79 Å². The summed E-state index contributed by atoms with van der Waals surface area (Å²) in [5.74, 6) is 1.48. The van der Waals surface area contributed by atoms with Crippen LogP contribution in [0.25, 0.3) is 10.4 Å². The molecule has 31 heavy (non-hydrogen) atoms. The number of carbonyl (C=O) groups excluding carboxylic acids is 1. The minimum absolute atomic E-state index is 0.0827. The van der Waals surface area contributed by atoms with Crippen LogP contribution in [-0.2, 0) is 19.9 Å². The summed E-state index contributed by atoms with van der Waals surface area (Å²) in [5.41, 5.74) is 4.82. The lowest BCUT2D eigenvalue weighted by molar-refractivity contribution is 0.0945. The van der Waals surface area contributed by atoms with Crippen molar-refractivity contribution in [2.75, 3.05) is 7.11 Å². The number of amides is 1. The third-order valence-electron chi connectivity index (χ3n) is 5.80. The second-order valence-corrected chi connectivity index (χ2v) is 8.75. The van der Waals surface area contributed by atoms with Gasteiger partial charge in [0.05, 0.1) is 12.0 Å². The number of benzene rings is 2. The van der Waals surface area contributed by atoms with Gasteiger partial charge in [0.15, 0.2) is 0 Å². The molecule has 4 aromatic rings. The molecule has 2 heterocycles. The highest BCUT2D eigenvalue weighted by molar-refractivity contribution is 7.17. The number of nitrogens with one attached hydrogen (secondary N) is 1. The van der Waals surface area contributed by atoms with E-state index in [1.54, 1.807) is 24.6 Å². The molecule has 0 saturated heterocycles. The molecule has 2 aromatic carbocycles. The molecule has 1 amide bonds. The van der Waals surface area contributed by atoms with Gasteiger partial charge in [0.25, 0.3) is 5.91 Å². The molecule has 0 bridgehead atoms. The first-order valence-corrected chi connectivity index (χ1v) is 11.1. The molecule has 1 aliphatic carbocycles. The van der Waals surface area contributed by atoms with Gasteiger partial charge in [-0.1, -0.05) is 36.4 Å². The zero-order valence-corrected chi connectivity index (χ0v) is 18.3. The Labute approximate surface area is 185 Å². The summed E-state index contributed by atoms with van der Waals surface area (Å²) < 4.78 is 7.22. The summed E-state index contributed by atoms with van der Waals surface area (Å²) in [6, 6.07) is 17.9. The summed E-state index contributed by atoms with van der Waals surface area (Å²) in [4.78, 5) is 19.8. The molecule has 2 aromatic heterocycles. The van der Waals surface area contributed by atoms with Gasteiger partial charge in [-0.15, -0.1) is 11.3 Å². The van der Waals surface area contributed by atoms with Crippen molar-refractivity contribution < 1.29 is 9.53 Å². The lowest BCUT2D eigenvalue weighted by Crippen LogP contribution is -2.30. The standard InChI is InChI=1S/C25H23N3O2S/c1-28-14-13-26-24(28)22(17-9-11-19(30-2)12-10-17)27-25(29)21-15-18-8-7-16-5-3-4-6-20(16)23(18)31-21/h3-6,9-15,22H,7-8H2,1-2H3,(H,27,29)/t22-/m0/s1. The van der Waals surface area contributed by atoms with Crippen molar-refractivity contribution in [2.24, 2.45) is 7.05 Å². The number of nitrogens with zero attached hydrogens (tertiary/aromatic N) is 2. The van der Waals surface area contributed by atoms with E-state index < -0.39 is 0 Å². The first kappa shape index (κ1) is 19.6. The predicted octanol–water partition coefficient (Wildman–Crippen LogP) is 4.78. The summed E-state index contributed by atoms with van der Waals surface area (Å²) in [7, 11) is 3.58. The van der Waals surface area contributed by atoms with Crippen LogP contribution in [-0.4, -0.2) is 22.6 Å². The highest BCUT2D eigenvalue weighted by Gasteiger charge is 2.25. The van der Waals surface area contributed by atoms with Crippen LogP contribution < -0.4 is 10.1 Å². The van der Waals surface area contributed by atoms with Crippen molar-refractivity contribution in [1.29, 1.82) is 0 Å². The van der Waals surface area contributed by atoms with E-state index in [1.165, 1.54) is 21.6 Å². The quantitative estimate of drug-likeness (QED) is 0.497. The summed E-state index contributed by atoms with van der Waals surface area (Å²) in [5, 5.41) is 3.21. The number of thiophene rings is 1. The largest absolute Gasteiger partial charge is 0.497 e. The van der Waals surface area contributed by atoms with Crippen molar-refractivity contribution in [2.45, 2.75) is 18.9 Å². The van der Waals surface area contributed by atoms with E-state index in [2.05, 4.69) is 40.6 Å². The van der Waals surface area contributed by atoms with Gasteiger partial charge in [0, 0.05) is 24.3 Å². The molecule has 1 atom stereocenters. The van der Waals surface area contributed by atoms with Crippen molar-refractivity contribution >= 4 is 17.2 Å². The smallest absolute Gasteiger partial charge is 0.262 e. The van der Waals surface area contributed by atoms with E-state index in [0.717, 1.165) is 34.9 Å². The number of rotatable bonds is 5. The van der Waals surface area contributed by atoms with Crippen LogP contribution in [0.1, 0.15) is 38.2 Å². The van der Waals surface area contributed by atoms with Crippen molar-refractivity contribution in [3.63, 3.8) is 0 Å². The van der Waals surface area contributed by atoms with Gasteiger partial charge in [-0.25, -0.2) is 4.98 Å². The normalized spacial score (nSPS) is 13.2. The molecule has 0 radical (unpaired) electrons. The first-order chi connectivity index (χ1) is 15.1. The molecule has 1 N–H and O–H groups in total. The SMILES string of the molecule is COc1ccc([C@H](NC(=O)c2cc3c(s2)-c2ccccc2CC3)c2nccn2C)cc1. The molecule has 0 fully saturated rings. The maximum atomic E-state index is 13.3. The molecule has 0 unspecified atom stereocenters. The molecular formula is C25H23N3O2S. The molecule has 0 spiro atoms. The molecule has 6 heteroatoms. The molecule has 156 valence electrons. The van der Waals surface area contributed by atoms with E-state index in [0.29, 0.717) is 0 Å². The third-order valence-corrected chi connectivity index (χ3v) is 7.01. The zero-order chi connectivity index (χ0) is 21.4. The number of aryl methyl sites for hydroxylation is 3. The van der Waals surface area contributed by atoms with Gasteiger partial charge in [-0.05, 0) is 53.3 Å². The minimum atomic E-state index is -0.357. The molecule has 5 rings (SSSR count). The summed E-state index contributed by atoms with van der Waals surface area (Å²) in [6.45, 7) is 0. The average Bonchev–Trinajstić information content (AvgIpc) is 3.44. The Morgan fingerprint density at radius 1 is 1.13 bits per heavy atom. The van der Waals surface area contributed by atoms with E-state index in [1.807, 2.05) is 42.1 Å². The third kappa shape index (κ3) is 3.64. The first-order valence-electron chi connectivity index (χ1n) is 10.3. The molecular weight excluding hydrogens is 406 g/mol. The number of hydrogen-bond acceptors (Lipinski definition) is 4. The summed E-state index contributed by atoms with van der Waals surface area (Å²) in [6.07, 6.45) is 5.62. The Morgan fingerprint density at radius 2 is 1.90 bits per heavy atom. The van der Waals surface area contributed by atoms with Crippen molar-refractivity contribution in [1.82, 2.24) is 14.9 Å².